The predicted molar refractivity (Wildman–Crippen MR) is 101 cm³/mol. The van der Waals surface area contributed by atoms with E-state index < -0.39 is 10.0 Å². The van der Waals surface area contributed by atoms with Gasteiger partial charge in [-0.3, -0.25) is 0 Å². The zero-order chi connectivity index (χ0) is 17.2. The minimum Gasteiger partial charge on any atom is -0.383 e. The summed E-state index contributed by atoms with van der Waals surface area (Å²) in [5, 5.41) is 4.42. The van der Waals surface area contributed by atoms with Gasteiger partial charge in [0.1, 0.15) is 0 Å². The SMILES string of the molecule is C=CS(=O)(=O)N1Cc2cc(Br)ccc2NCC1Cc1ccccc1. The molecule has 2 aromatic rings. The highest BCUT2D eigenvalue weighted by atomic mass is 79.9. The molecule has 1 aliphatic rings. The van der Waals surface area contributed by atoms with E-state index >= 15 is 0 Å². The van der Waals surface area contributed by atoms with E-state index in [-0.39, 0.29) is 6.04 Å². The topological polar surface area (TPSA) is 49.4 Å². The quantitative estimate of drug-likeness (QED) is 0.840. The van der Waals surface area contributed by atoms with Crippen molar-refractivity contribution in [2.75, 3.05) is 11.9 Å². The maximum absolute atomic E-state index is 12.6. The molecule has 0 aromatic heterocycles. The first kappa shape index (κ1) is 17.2. The zero-order valence-corrected chi connectivity index (χ0v) is 15.6. The fourth-order valence-corrected chi connectivity index (χ4v) is 4.43. The molecule has 0 bridgehead atoms. The van der Waals surface area contributed by atoms with Crippen molar-refractivity contribution in [1.29, 1.82) is 0 Å². The molecule has 126 valence electrons. The maximum Gasteiger partial charge on any atom is 0.236 e. The normalized spacial score (nSPS) is 18.3. The molecule has 1 aliphatic heterocycles. The minimum absolute atomic E-state index is 0.179. The Kier molecular flexibility index (Phi) is 5.08. The van der Waals surface area contributed by atoms with Gasteiger partial charge < -0.3 is 5.32 Å². The van der Waals surface area contributed by atoms with Gasteiger partial charge in [0, 0.05) is 34.7 Å². The lowest BCUT2D eigenvalue weighted by Crippen LogP contribution is -2.42. The molecule has 24 heavy (non-hydrogen) atoms. The first-order chi connectivity index (χ1) is 11.5. The molecule has 3 rings (SSSR count). The summed E-state index contributed by atoms with van der Waals surface area (Å²) in [5.74, 6) is 0. The molecule has 1 N–H and O–H groups in total. The van der Waals surface area contributed by atoms with Crippen LogP contribution in [0.2, 0.25) is 0 Å². The van der Waals surface area contributed by atoms with Crippen LogP contribution < -0.4 is 5.32 Å². The predicted octanol–water partition coefficient (Wildman–Crippen LogP) is 3.76. The molecule has 0 aliphatic carbocycles. The number of benzene rings is 2. The third-order valence-electron chi connectivity index (χ3n) is 4.18. The van der Waals surface area contributed by atoms with Crippen LogP contribution in [0.15, 0.2) is 65.0 Å². The fourth-order valence-electron chi connectivity index (χ4n) is 2.95. The monoisotopic (exact) mass is 406 g/mol. The molecule has 0 amide bonds. The lowest BCUT2D eigenvalue weighted by molar-refractivity contribution is 0.330. The van der Waals surface area contributed by atoms with Crippen LogP contribution in [0.25, 0.3) is 0 Å². The first-order valence-electron chi connectivity index (χ1n) is 7.70. The third kappa shape index (κ3) is 3.71. The summed E-state index contributed by atoms with van der Waals surface area (Å²) in [6.07, 6.45) is 0.649. The summed E-state index contributed by atoms with van der Waals surface area (Å²) in [6.45, 7) is 4.37. The Morgan fingerprint density at radius 1 is 1.25 bits per heavy atom. The number of anilines is 1. The van der Waals surface area contributed by atoms with E-state index in [9.17, 15) is 8.42 Å². The Morgan fingerprint density at radius 3 is 2.71 bits per heavy atom. The summed E-state index contributed by atoms with van der Waals surface area (Å²) >= 11 is 3.46. The Balaban J connectivity index is 1.97. The van der Waals surface area contributed by atoms with E-state index in [0.717, 1.165) is 26.7 Å². The van der Waals surface area contributed by atoms with Crippen molar-refractivity contribution in [3.05, 3.63) is 76.1 Å². The number of sulfonamides is 1. The zero-order valence-electron chi connectivity index (χ0n) is 13.2. The van der Waals surface area contributed by atoms with Gasteiger partial charge in [0.25, 0.3) is 0 Å². The number of nitrogens with zero attached hydrogens (tertiary/aromatic N) is 1. The highest BCUT2D eigenvalue weighted by Crippen LogP contribution is 2.28. The molecule has 0 fully saturated rings. The third-order valence-corrected chi connectivity index (χ3v) is 6.18. The Hall–Kier alpha value is -1.63. The second-order valence-electron chi connectivity index (χ2n) is 5.78. The largest absolute Gasteiger partial charge is 0.383 e. The summed E-state index contributed by atoms with van der Waals surface area (Å²) in [6, 6.07) is 15.6. The minimum atomic E-state index is -3.53. The lowest BCUT2D eigenvalue weighted by Gasteiger charge is -2.27. The molecule has 0 saturated heterocycles. The molecule has 1 unspecified atom stereocenters. The molecule has 2 aromatic carbocycles. The van der Waals surface area contributed by atoms with Crippen molar-refractivity contribution in [2.45, 2.75) is 19.0 Å². The van der Waals surface area contributed by atoms with Crippen LogP contribution in [-0.2, 0) is 23.0 Å². The van der Waals surface area contributed by atoms with E-state index in [1.165, 1.54) is 4.31 Å². The number of nitrogens with one attached hydrogen (secondary N) is 1. The van der Waals surface area contributed by atoms with Crippen LogP contribution >= 0.6 is 15.9 Å². The van der Waals surface area contributed by atoms with Crippen molar-refractivity contribution < 1.29 is 8.42 Å². The van der Waals surface area contributed by atoms with Gasteiger partial charge in [0.15, 0.2) is 0 Å². The molecular formula is C18H19BrN2O2S. The maximum atomic E-state index is 12.6. The van der Waals surface area contributed by atoms with E-state index in [1.807, 2.05) is 48.5 Å². The summed E-state index contributed by atoms with van der Waals surface area (Å²) in [7, 11) is -3.53. The molecular weight excluding hydrogens is 388 g/mol. The second kappa shape index (κ2) is 7.09. The molecule has 4 nitrogen and oxygen atoms in total. The van der Waals surface area contributed by atoms with E-state index in [2.05, 4.69) is 27.8 Å². The van der Waals surface area contributed by atoms with Gasteiger partial charge in [-0.2, -0.15) is 4.31 Å². The number of fused-ring (bicyclic) bond motifs is 1. The average molecular weight is 407 g/mol. The number of halogens is 1. The van der Waals surface area contributed by atoms with Gasteiger partial charge in [-0.15, -0.1) is 0 Å². The first-order valence-corrected chi connectivity index (χ1v) is 10.00. The highest BCUT2D eigenvalue weighted by Gasteiger charge is 2.31. The van der Waals surface area contributed by atoms with Gasteiger partial charge in [-0.25, -0.2) is 8.42 Å². The number of hydrogen-bond donors (Lipinski definition) is 1. The summed E-state index contributed by atoms with van der Waals surface area (Å²) < 4.78 is 27.6. The van der Waals surface area contributed by atoms with Gasteiger partial charge >= 0.3 is 0 Å². The van der Waals surface area contributed by atoms with Crippen LogP contribution in [0.4, 0.5) is 5.69 Å². The average Bonchev–Trinajstić information content (AvgIpc) is 2.76. The van der Waals surface area contributed by atoms with Crippen LogP contribution in [0, 0.1) is 0 Å². The molecule has 6 heteroatoms. The van der Waals surface area contributed by atoms with Crippen molar-refractivity contribution in [3.63, 3.8) is 0 Å². The summed E-state index contributed by atoms with van der Waals surface area (Å²) in [5.41, 5.74) is 3.03. The van der Waals surface area contributed by atoms with Crippen molar-refractivity contribution in [2.24, 2.45) is 0 Å². The second-order valence-corrected chi connectivity index (χ2v) is 8.53. The molecule has 1 atom stereocenters. The molecule has 0 spiro atoms. The molecule has 0 saturated carbocycles. The Morgan fingerprint density at radius 2 is 2.00 bits per heavy atom. The highest BCUT2D eigenvalue weighted by molar-refractivity contribution is 9.10. The van der Waals surface area contributed by atoms with Crippen LogP contribution in [-0.4, -0.2) is 25.3 Å². The van der Waals surface area contributed by atoms with E-state index in [0.29, 0.717) is 19.5 Å². The van der Waals surface area contributed by atoms with E-state index in [4.69, 9.17) is 0 Å². The summed E-state index contributed by atoms with van der Waals surface area (Å²) in [4.78, 5) is 0. The Bertz CT molecular complexity index is 837. The van der Waals surface area contributed by atoms with Gasteiger partial charge in [-0.1, -0.05) is 52.8 Å². The van der Waals surface area contributed by atoms with Gasteiger partial charge in [0.2, 0.25) is 10.0 Å². The smallest absolute Gasteiger partial charge is 0.236 e. The van der Waals surface area contributed by atoms with Crippen LogP contribution in [0.3, 0.4) is 0 Å². The standard InChI is InChI=1S/C18H19BrN2O2S/c1-2-24(22,23)21-13-15-11-16(19)8-9-18(15)20-12-17(21)10-14-6-4-3-5-7-14/h2-9,11,17,20H,1,10,12-13H2. The van der Waals surface area contributed by atoms with Crippen molar-refractivity contribution in [1.82, 2.24) is 4.31 Å². The Labute approximate surface area is 151 Å². The number of hydrogen-bond acceptors (Lipinski definition) is 3. The van der Waals surface area contributed by atoms with Gasteiger partial charge in [-0.05, 0) is 35.7 Å². The van der Waals surface area contributed by atoms with Crippen LogP contribution in [0.1, 0.15) is 11.1 Å². The van der Waals surface area contributed by atoms with Gasteiger partial charge in [0.05, 0.1) is 0 Å². The number of rotatable bonds is 4. The van der Waals surface area contributed by atoms with Crippen molar-refractivity contribution >= 4 is 31.6 Å². The van der Waals surface area contributed by atoms with E-state index in [1.54, 1.807) is 0 Å². The lowest BCUT2D eigenvalue weighted by atomic mass is 10.1. The molecule has 1 heterocycles. The fraction of sp³-hybridized carbons (Fsp3) is 0.222. The molecule has 0 radical (unpaired) electrons. The van der Waals surface area contributed by atoms with Crippen LogP contribution in [0.5, 0.6) is 0 Å². The van der Waals surface area contributed by atoms with Crippen molar-refractivity contribution in [3.8, 4) is 0 Å².